The molecular weight excluding hydrogens is 488 g/mol. The zero-order valence-corrected chi connectivity index (χ0v) is 23.3. The highest BCUT2D eigenvalue weighted by molar-refractivity contribution is 7.19. The Bertz CT molecular complexity index is 1420. The van der Waals surface area contributed by atoms with Gasteiger partial charge in [-0.3, -0.25) is 4.79 Å². The average molecular weight is 525 g/mol. The van der Waals surface area contributed by atoms with Gasteiger partial charge < -0.3 is 9.80 Å². The lowest BCUT2D eigenvalue weighted by molar-refractivity contribution is 0.0746. The fourth-order valence-electron chi connectivity index (χ4n) is 5.79. The largest absolute Gasteiger partial charge is 0.352 e. The maximum absolute atomic E-state index is 13.2. The van der Waals surface area contributed by atoms with Crippen LogP contribution in [-0.2, 0) is 32.1 Å². The second-order valence-corrected chi connectivity index (χ2v) is 11.9. The molecule has 38 heavy (non-hydrogen) atoms. The van der Waals surface area contributed by atoms with E-state index in [1.165, 1.54) is 33.4 Å². The third-order valence-corrected chi connectivity index (χ3v) is 9.29. The van der Waals surface area contributed by atoms with Crippen LogP contribution in [0.1, 0.15) is 58.0 Å². The van der Waals surface area contributed by atoms with Crippen molar-refractivity contribution in [2.75, 3.05) is 31.1 Å². The highest BCUT2D eigenvalue weighted by atomic mass is 32.1. The molecule has 6 rings (SSSR count). The minimum atomic E-state index is 0.130. The van der Waals surface area contributed by atoms with E-state index in [-0.39, 0.29) is 5.91 Å². The Morgan fingerprint density at radius 1 is 0.947 bits per heavy atom. The Kier molecular flexibility index (Phi) is 7.16. The quantitative estimate of drug-likeness (QED) is 0.305. The molecule has 4 aromatic rings. The van der Waals surface area contributed by atoms with Gasteiger partial charge in [0.25, 0.3) is 5.91 Å². The number of rotatable bonds is 6. The summed E-state index contributed by atoms with van der Waals surface area (Å²) >= 11 is 1.88. The van der Waals surface area contributed by atoms with Crippen LogP contribution in [0.25, 0.3) is 10.2 Å². The molecule has 1 atom stereocenters. The first-order valence-corrected chi connectivity index (χ1v) is 14.9. The highest BCUT2D eigenvalue weighted by Crippen LogP contribution is 2.41. The summed E-state index contributed by atoms with van der Waals surface area (Å²) in [7, 11) is 0. The molecule has 1 unspecified atom stereocenters. The number of aromatic nitrogens is 2. The van der Waals surface area contributed by atoms with E-state index in [0.29, 0.717) is 13.1 Å². The van der Waals surface area contributed by atoms with E-state index in [1.54, 1.807) is 0 Å². The molecular formula is C32H36N4OS. The predicted molar refractivity (Wildman–Crippen MR) is 156 cm³/mol. The minimum absolute atomic E-state index is 0.130. The van der Waals surface area contributed by atoms with E-state index < -0.39 is 0 Å². The number of thiophene rings is 1. The van der Waals surface area contributed by atoms with Gasteiger partial charge >= 0.3 is 0 Å². The van der Waals surface area contributed by atoms with E-state index in [2.05, 4.69) is 61.2 Å². The number of piperazine rings is 1. The van der Waals surface area contributed by atoms with Gasteiger partial charge in [0, 0.05) is 43.0 Å². The third-order valence-electron chi connectivity index (χ3n) is 8.14. The van der Waals surface area contributed by atoms with Gasteiger partial charge in [0.1, 0.15) is 16.5 Å². The Hall–Kier alpha value is -3.25. The first-order chi connectivity index (χ1) is 18.6. The lowest BCUT2D eigenvalue weighted by Gasteiger charge is -2.36. The van der Waals surface area contributed by atoms with Crippen LogP contribution in [0.3, 0.4) is 0 Å². The number of nitrogens with zero attached hydrogens (tertiary/aromatic N) is 4. The molecule has 5 nitrogen and oxygen atoms in total. The fourth-order valence-corrected chi connectivity index (χ4v) is 7.19. The Balaban J connectivity index is 1.26. The summed E-state index contributed by atoms with van der Waals surface area (Å²) in [5.74, 6) is 2.87. The SMILES string of the molecule is CCc1ccc(C(=O)N2CCN(c3nc(CCc4ccccc4)nc4sc5c(c34)CCC(C)C5)CC2)cc1. The van der Waals surface area contributed by atoms with Crippen molar-refractivity contribution in [3.05, 3.63) is 87.6 Å². The molecule has 2 aliphatic rings. The standard InChI is InChI=1S/C32H36N4OS/c1-3-23-10-13-25(14-11-23)32(37)36-19-17-35(18-20-36)30-29-26-15-9-22(2)21-27(26)38-31(29)34-28(33-30)16-12-24-7-5-4-6-8-24/h4-8,10-11,13-14,22H,3,9,12,15-21H2,1-2H3. The molecule has 3 heterocycles. The third kappa shape index (κ3) is 5.06. The monoisotopic (exact) mass is 524 g/mol. The second kappa shape index (κ2) is 10.9. The van der Waals surface area contributed by atoms with Crippen LogP contribution in [-0.4, -0.2) is 47.0 Å². The normalized spacial score (nSPS) is 17.6. The molecule has 1 fully saturated rings. The summed E-state index contributed by atoms with van der Waals surface area (Å²) in [5.41, 5.74) is 4.83. The maximum atomic E-state index is 13.2. The van der Waals surface area contributed by atoms with Crippen LogP contribution >= 0.6 is 11.3 Å². The molecule has 1 aliphatic heterocycles. The number of carbonyl (C=O) groups is 1. The Morgan fingerprint density at radius 2 is 1.71 bits per heavy atom. The number of carbonyl (C=O) groups excluding carboxylic acids is 1. The van der Waals surface area contributed by atoms with Gasteiger partial charge in [-0.05, 0) is 66.8 Å². The molecule has 2 aromatic carbocycles. The minimum Gasteiger partial charge on any atom is -0.352 e. The lowest BCUT2D eigenvalue weighted by Crippen LogP contribution is -2.49. The first kappa shape index (κ1) is 25.1. The Morgan fingerprint density at radius 3 is 2.45 bits per heavy atom. The molecule has 1 aliphatic carbocycles. The summed E-state index contributed by atoms with van der Waals surface area (Å²) < 4.78 is 0. The van der Waals surface area contributed by atoms with Crippen molar-refractivity contribution in [2.24, 2.45) is 5.92 Å². The van der Waals surface area contributed by atoms with E-state index >= 15 is 0 Å². The summed E-state index contributed by atoms with van der Waals surface area (Å²) in [6.07, 6.45) is 6.24. The van der Waals surface area contributed by atoms with E-state index in [1.807, 2.05) is 28.4 Å². The molecule has 0 bridgehead atoms. The van der Waals surface area contributed by atoms with Crippen molar-refractivity contribution in [2.45, 2.75) is 52.4 Å². The van der Waals surface area contributed by atoms with Gasteiger partial charge in [0.15, 0.2) is 0 Å². The number of amides is 1. The topological polar surface area (TPSA) is 49.3 Å². The summed E-state index contributed by atoms with van der Waals surface area (Å²) in [6, 6.07) is 18.7. The number of hydrogen-bond donors (Lipinski definition) is 0. The average Bonchev–Trinajstić information content (AvgIpc) is 3.33. The molecule has 0 spiro atoms. The van der Waals surface area contributed by atoms with Crippen LogP contribution in [0, 0.1) is 5.92 Å². The molecule has 1 amide bonds. The molecule has 2 aromatic heterocycles. The molecule has 0 N–H and O–H groups in total. The van der Waals surface area contributed by atoms with Gasteiger partial charge in [0.05, 0.1) is 5.39 Å². The molecule has 1 saturated heterocycles. The lowest BCUT2D eigenvalue weighted by atomic mass is 9.89. The van der Waals surface area contributed by atoms with Gasteiger partial charge in [-0.25, -0.2) is 9.97 Å². The van der Waals surface area contributed by atoms with Crippen LogP contribution in [0.15, 0.2) is 54.6 Å². The van der Waals surface area contributed by atoms with E-state index in [9.17, 15) is 4.79 Å². The van der Waals surface area contributed by atoms with Crippen molar-refractivity contribution in [3.8, 4) is 0 Å². The predicted octanol–water partition coefficient (Wildman–Crippen LogP) is 6.13. The summed E-state index contributed by atoms with van der Waals surface area (Å²) in [6.45, 7) is 7.51. The zero-order chi connectivity index (χ0) is 26.1. The number of aryl methyl sites for hydroxylation is 4. The van der Waals surface area contributed by atoms with Crippen molar-refractivity contribution in [3.63, 3.8) is 0 Å². The fraction of sp³-hybridized carbons (Fsp3) is 0.406. The number of hydrogen-bond acceptors (Lipinski definition) is 5. The van der Waals surface area contributed by atoms with E-state index in [0.717, 1.165) is 73.1 Å². The smallest absolute Gasteiger partial charge is 0.253 e. The summed E-state index contributed by atoms with van der Waals surface area (Å²) in [5, 5.41) is 1.27. The van der Waals surface area contributed by atoms with Crippen LogP contribution < -0.4 is 4.90 Å². The van der Waals surface area contributed by atoms with Crippen LogP contribution in [0.2, 0.25) is 0 Å². The van der Waals surface area contributed by atoms with Crippen LogP contribution in [0.4, 0.5) is 5.82 Å². The highest BCUT2D eigenvalue weighted by Gasteiger charge is 2.29. The number of benzene rings is 2. The molecule has 6 heteroatoms. The first-order valence-electron chi connectivity index (χ1n) is 14.1. The number of fused-ring (bicyclic) bond motifs is 3. The van der Waals surface area contributed by atoms with Crippen LogP contribution in [0.5, 0.6) is 0 Å². The molecule has 0 radical (unpaired) electrons. The zero-order valence-electron chi connectivity index (χ0n) is 22.4. The van der Waals surface area contributed by atoms with Gasteiger partial charge in [-0.15, -0.1) is 11.3 Å². The second-order valence-electron chi connectivity index (χ2n) is 10.8. The summed E-state index contributed by atoms with van der Waals surface area (Å²) in [4.78, 5) is 30.5. The Labute approximate surface area is 229 Å². The van der Waals surface area contributed by atoms with E-state index in [4.69, 9.17) is 9.97 Å². The van der Waals surface area contributed by atoms with Gasteiger partial charge in [0.2, 0.25) is 0 Å². The van der Waals surface area contributed by atoms with Gasteiger partial charge in [-0.1, -0.05) is 56.3 Å². The molecule has 196 valence electrons. The van der Waals surface area contributed by atoms with Gasteiger partial charge in [-0.2, -0.15) is 0 Å². The van der Waals surface area contributed by atoms with Crippen molar-refractivity contribution >= 4 is 33.3 Å². The van der Waals surface area contributed by atoms with Crippen molar-refractivity contribution in [1.29, 1.82) is 0 Å². The van der Waals surface area contributed by atoms with Crippen molar-refractivity contribution < 1.29 is 4.79 Å². The number of anilines is 1. The molecule has 0 saturated carbocycles. The maximum Gasteiger partial charge on any atom is 0.253 e. The van der Waals surface area contributed by atoms with Crippen molar-refractivity contribution in [1.82, 2.24) is 14.9 Å².